The molecule has 0 aromatic carbocycles. The molecule has 3 N–H and O–H groups in total. The molecule has 1 unspecified atom stereocenters. The van der Waals surface area contributed by atoms with E-state index in [9.17, 15) is 4.79 Å². The largest absolute Gasteiger partial charge is 0.355 e. The Hall–Kier alpha value is -1.01. The number of nitrogens with one attached hydrogen (secondary N) is 1. The number of amides is 1. The Labute approximate surface area is 80.1 Å². The quantitative estimate of drug-likeness (QED) is 0.608. The van der Waals surface area contributed by atoms with Crippen LogP contribution in [0.5, 0.6) is 0 Å². The Kier molecular flexibility index (Phi) is 5.99. The number of hydrogen-bond donors (Lipinski definition) is 2. The first-order valence-electron chi connectivity index (χ1n) is 4.54. The third kappa shape index (κ3) is 6.18. The SMILES string of the molecule is C#CCC(N)C(=O)NCCC(C)C. The minimum atomic E-state index is -0.558. The number of carbonyl (C=O) groups is 1. The molecular formula is C10H18N2O. The fourth-order valence-electron chi connectivity index (χ4n) is 0.835. The highest BCUT2D eigenvalue weighted by Crippen LogP contribution is 1.96. The zero-order chi connectivity index (χ0) is 10.3. The molecule has 0 saturated carbocycles. The summed E-state index contributed by atoms with van der Waals surface area (Å²) >= 11 is 0. The lowest BCUT2D eigenvalue weighted by Crippen LogP contribution is -2.40. The van der Waals surface area contributed by atoms with Crippen LogP contribution in [0.3, 0.4) is 0 Å². The first kappa shape index (κ1) is 12.0. The van der Waals surface area contributed by atoms with Gasteiger partial charge in [-0.05, 0) is 12.3 Å². The number of rotatable bonds is 5. The van der Waals surface area contributed by atoms with Crippen LogP contribution in [-0.4, -0.2) is 18.5 Å². The average molecular weight is 182 g/mol. The first-order chi connectivity index (χ1) is 6.07. The summed E-state index contributed by atoms with van der Waals surface area (Å²) in [5.74, 6) is 2.79. The van der Waals surface area contributed by atoms with Crippen molar-refractivity contribution < 1.29 is 4.79 Å². The number of nitrogens with two attached hydrogens (primary N) is 1. The molecule has 0 bridgehead atoms. The second kappa shape index (κ2) is 6.50. The fourth-order valence-corrected chi connectivity index (χ4v) is 0.835. The van der Waals surface area contributed by atoms with Crippen molar-refractivity contribution in [3.8, 4) is 12.3 Å². The third-order valence-electron chi connectivity index (χ3n) is 1.70. The molecule has 0 aromatic heterocycles. The van der Waals surface area contributed by atoms with Crippen molar-refractivity contribution in [1.29, 1.82) is 0 Å². The molecular weight excluding hydrogens is 164 g/mol. The van der Waals surface area contributed by atoms with Gasteiger partial charge in [-0.25, -0.2) is 0 Å². The Balaban J connectivity index is 3.57. The van der Waals surface area contributed by atoms with Crippen LogP contribution in [-0.2, 0) is 4.79 Å². The van der Waals surface area contributed by atoms with Gasteiger partial charge >= 0.3 is 0 Å². The van der Waals surface area contributed by atoms with E-state index in [1.807, 2.05) is 0 Å². The minimum Gasteiger partial charge on any atom is -0.355 e. The predicted molar refractivity (Wildman–Crippen MR) is 53.9 cm³/mol. The summed E-state index contributed by atoms with van der Waals surface area (Å²) in [4.78, 5) is 11.2. The van der Waals surface area contributed by atoms with Crippen molar-refractivity contribution >= 4 is 5.91 Å². The maximum Gasteiger partial charge on any atom is 0.237 e. The topological polar surface area (TPSA) is 55.1 Å². The zero-order valence-corrected chi connectivity index (χ0v) is 8.34. The van der Waals surface area contributed by atoms with Crippen LogP contribution in [0.25, 0.3) is 0 Å². The summed E-state index contributed by atoms with van der Waals surface area (Å²) in [7, 11) is 0. The molecule has 3 nitrogen and oxygen atoms in total. The van der Waals surface area contributed by atoms with Gasteiger partial charge in [0.15, 0.2) is 0 Å². The standard InChI is InChI=1S/C10H18N2O/c1-4-5-9(11)10(13)12-7-6-8(2)3/h1,8-9H,5-7,11H2,2-3H3,(H,12,13). The van der Waals surface area contributed by atoms with Crippen LogP contribution in [0.15, 0.2) is 0 Å². The van der Waals surface area contributed by atoms with Crippen LogP contribution >= 0.6 is 0 Å². The molecule has 0 radical (unpaired) electrons. The van der Waals surface area contributed by atoms with Crippen molar-refractivity contribution in [1.82, 2.24) is 5.32 Å². The molecule has 3 heteroatoms. The highest BCUT2D eigenvalue weighted by Gasteiger charge is 2.10. The lowest BCUT2D eigenvalue weighted by Gasteiger charge is -2.10. The minimum absolute atomic E-state index is 0.154. The predicted octanol–water partition coefficient (Wildman–Crippen LogP) is 0.499. The van der Waals surface area contributed by atoms with Crippen LogP contribution < -0.4 is 11.1 Å². The molecule has 0 heterocycles. The summed E-state index contributed by atoms with van der Waals surface area (Å²) in [5, 5.41) is 2.74. The Morgan fingerprint density at radius 2 is 2.23 bits per heavy atom. The second-order valence-electron chi connectivity index (χ2n) is 3.49. The second-order valence-corrected chi connectivity index (χ2v) is 3.49. The van der Waals surface area contributed by atoms with E-state index in [1.54, 1.807) is 0 Å². The fraction of sp³-hybridized carbons (Fsp3) is 0.700. The van der Waals surface area contributed by atoms with Gasteiger partial charge in [-0.2, -0.15) is 0 Å². The summed E-state index contributed by atoms with van der Waals surface area (Å²) in [6, 6.07) is -0.558. The van der Waals surface area contributed by atoms with Gasteiger partial charge in [0.1, 0.15) is 0 Å². The summed E-state index contributed by atoms with van der Waals surface area (Å²) < 4.78 is 0. The van der Waals surface area contributed by atoms with E-state index in [4.69, 9.17) is 12.2 Å². The van der Waals surface area contributed by atoms with Gasteiger partial charge in [-0.3, -0.25) is 4.79 Å². The van der Waals surface area contributed by atoms with Gasteiger partial charge in [0.25, 0.3) is 0 Å². The van der Waals surface area contributed by atoms with Crippen molar-refractivity contribution in [3.05, 3.63) is 0 Å². The van der Waals surface area contributed by atoms with Gasteiger partial charge < -0.3 is 11.1 Å². The Morgan fingerprint density at radius 3 is 2.69 bits per heavy atom. The van der Waals surface area contributed by atoms with E-state index < -0.39 is 6.04 Å². The van der Waals surface area contributed by atoms with Gasteiger partial charge in [-0.15, -0.1) is 12.3 Å². The summed E-state index contributed by atoms with van der Waals surface area (Å²) in [6.07, 6.45) is 6.30. The molecule has 0 saturated heterocycles. The first-order valence-corrected chi connectivity index (χ1v) is 4.54. The molecule has 0 aliphatic rings. The number of carbonyl (C=O) groups excluding carboxylic acids is 1. The molecule has 1 atom stereocenters. The molecule has 74 valence electrons. The van der Waals surface area contributed by atoms with Crippen molar-refractivity contribution in [2.45, 2.75) is 32.7 Å². The lowest BCUT2D eigenvalue weighted by atomic mass is 10.1. The van der Waals surface area contributed by atoms with E-state index in [2.05, 4.69) is 25.1 Å². The molecule has 0 rings (SSSR count). The number of terminal acetylenes is 1. The molecule has 13 heavy (non-hydrogen) atoms. The molecule has 0 aromatic rings. The van der Waals surface area contributed by atoms with Crippen LogP contribution in [0.1, 0.15) is 26.7 Å². The maximum atomic E-state index is 11.2. The molecule has 0 aliphatic carbocycles. The van der Waals surface area contributed by atoms with Gasteiger partial charge in [0.05, 0.1) is 6.04 Å². The van der Waals surface area contributed by atoms with Crippen LogP contribution in [0.4, 0.5) is 0 Å². The highest BCUT2D eigenvalue weighted by molar-refractivity contribution is 5.81. The highest BCUT2D eigenvalue weighted by atomic mass is 16.2. The normalized spacial score (nSPS) is 12.2. The van der Waals surface area contributed by atoms with E-state index in [0.29, 0.717) is 18.9 Å². The summed E-state index contributed by atoms with van der Waals surface area (Å²) in [5.41, 5.74) is 5.49. The lowest BCUT2D eigenvalue weighted by molar-refractivity contribution is -0.122. The van der Waals surface area contributed by atoms with Gasteiger partial charge in [0.2, 0.25) is 5.91 Å². The van der Waals surface area contributed by atoms with Gasteiger partial charge in [0, 0.05) is 13.0 Å². The Morgan fingerprint density at radius 1 is 1.62 bits per heavy atom. The van der Waals surface area contributed by atoms with Crippen LogP contribution in [0, 0.1) is 18.3 Å². The van der Waals surface area contributed by atoms with Gasteiger partial charge in [-0.1, -0.05) is 13.8 Å². The maximum absolute atomic E-state index is 11.2. The van der Waals surface area contributed by atoms with Crippen molar-refractivity contribution in [2.75, 3.05) is 6.54 Å². The zero-order valence-electron chi connectivity index (χ0n) is 8.34. The molecule has 1 amide bonds. The number of hydrogen-bond acceptors (Lipinski definition) is 2. The van der Waals surface area contributed by atoms with Crippen molar-refractivity contribution in [2.24, 2.45) is 11.7 Å². The molecule has 0 aliphatic heterocycles. The molecule has 0 spiro atoms. The van der Waals surface area contributed by atoms with E-state index in [-0.39, 0.29) is 5.91 Å². The average Bonchev–Trinajstić information content (AvgIpc) is 2.04. The smallest absolute Gasteiger partial charge is 0.237 e. The van der Waals surface area contributed by atoms with E-state index in [1.165, 1.54) is 0 Å². The monoisotopic (exact) mass is 182 g/mol. The van der Waals surface area contributed by atoms with Crippen LogP contribution in [0.2, 0.25) is 0 Å². The van der Waals surface area contributed by atoms with Crippen molar-refractivity contribution in [3.63, 3.8) is 0 Å². The Bertz CT molecular complexity index is 194. The molecule has 0 fully saturated rings. The van der Waals surface area contributed by atoms with E-state index in [0.717, 1.165) is 6.42 Å². The van der Waals surface area contributed by atoms with E-state index >= 15 is 0 Å². The summed E-state index contributed by atoms with van der Waals surface area (Å²) in [6.45, 7) is 4.88. The third-order valence-corrected chi connectivity index (χ3v) is 1.70.